The summed E-state index contributed by atoms with van der Waals surface area (Å²) in [5.41, 5.74) is 1.43. The summed E-state index contributed by atoms with van der Waals surface area (Å²) in [5, 5.41) is 3.41. The number of amides is 1. The van der Waals surface area contributed by atoms with E-state index in [9.17, 15) is 4.79 Å². The van der Waals surface area contributed by atoms with Gasteiger partial charge in [-0.2, -0.15) is 11.8 Å². The molecular formula is C16H25ClN2OS. The van der Waals surface area contributed by atoms with Gasteiger partial charge in [0.05, 0.1) is 0 Å². The third-order valence-electron chi connectivity index (χ3n) is 3.96. The highest BCUT2D eigenvalue weighted by molar-refractivity contribution is 8.00. The van der Waals surface area contributed by atoms with Crippen molar-refractivity contribution in [1.29, 1.82) is 0 Å². The quantitative estimate of drug-likeness (QED) is 0.749. The summed E-state index contributed by atoms with van der Waals surface area (Å²) in [6.45, 7) is 9.05. The molecule has 0 radical (unpaired) electrons. The molecule has 3 nitrogen and oxygen atoms in total. The van der Waals surface area contributed by atoms with E-state index in [1.165, 1.54) is 0 Å². The zero-order chi connectivity index (χ0) is 16.0. The summed E-state index contributed by atoms with van der Waals surface area (Å²) < 4.78 is 0.105. The van der Waals surface area contributed by atoms with Crippen molar-refractivity contribution in [2.45, 2.75) is 51.2 Å². The zero-order valence-corrected chi connectivity index (χ0v) is 15.1. The molecule has 1 rings (SSSR count). The van der Waals surface area contributed by atoms with E-state index < -0.39 is 0 Å². The van der Waals surface area contributed by atoms with Crippen LogP contribution >= 0.6 is 23.4 Å². The van der Waals surface area contributed by atoms with E-state index in [4.69, 9.17) is 11.6 Å². The van der Waals surface area contributed by atoms with E-state index in [1.807, 2.05) is 31.7 Å². The number of thioether (sulfide) groups is 1. The van der Waals surface area contributed by atoms with E-state index in [-0.39, 0.29) is 16.6 Å². The third kappa shape index (κ3) is 4.89. The highest BCUT2D eigenvalue weighted by Crippen LogP contribution is 2.29. The number of hydrogen-bond acceptors (Lipinski definition) is 3. The Bertz CT molecular complexity index is 479. The fourth-order valence-corrected chi connectivity index (χ4v) is 3.16. The second kappa shape index (κ2) is 8.04. The van der Waals surface area contributed by atoms with Gasteiger partial charge in [0.25, 0.3) is 5.91 Å². The summed E-state index contributed by atoms with van der Waals surface area (Å²) in [6.07, 6.45) is 4.15. The van der Waals surface area contributed by atoms with Crippen molar-refractivity contribution in [2.75, 3.05) is 12.8 Å². The first kappa shape index (κ1) is 18.3. The van der Waals surface area contributed by atoms with Gasteiger partial charge < -0.3 is 5.32 Å². The number of hydrogen-bond donors (Lipinski definition) is 1. The summed E-state index contributed by atoms with van der Waals surface area (Å²) in [7, 11) is 0. The second-order valence-corrected chi connectivity index (χ2v) is 7.20. The van der Waals surface area contributed by atoms with Crippen molar-refractivity contribution in [3.63, 3.8) is 0 Å². The van der Waals surface area contributed by atoms with Gasteiger partial charge in [-0.3, -0.25) is 4.79 Å². The van der Waals surface area contributed by atoms with Gasteiger partial charge in [-0.1, -0.05) is 39.3 Å². The minimum absolute atomic E-state index is 0.0819. The van der Waals surface area contributed by atoms with Gasteiger partial charge in [-0.05, 0) is 37.1 Å². The fraction of sp³-hybridized carbons (Fsp3) is 0.625. The van der Waals surface area contributed by atoms with Gasteiger partial charge in [0.2, 0.25) is 0 Å². The average molecular weight is 329 g/mol. The van der Waals surface area contributed by atoms with Crippen LogP contribution in [0.15, 0.2) is 12.1 Å². The average Bonchev–Trinajstić information content (AvgIpc) is 2.48. The number of aromatic nitrogens is 1. The van der Waals surface area contributed by atoms with E-state index in [0.29, 0.717) is 17.3 Å². The first-order valence-corrected chi connectivity index (χ1v) is 8.98. The summed E-state index contributed by atoms with van der Waals surface area (Å²) in [6, 6.07) is 3.45. The van der Waals surface area contributed by atoms with Crippen LogP contribution in [0.1, 0.15) is 62.5 Å². The van der Waals surface area contributed by atoms with Crippen LogP contribution in [0, 0.1) is 0 Å². The Morgan fingerprint density at radius 3 is 2.48 bits per heavy atom. The zero-order valence-electron chi connectivity index (χ0n) is 13.5. The van der Waals surface area contributed by atoms with Crippen LogP contribution in [-0.2, 0) is 0 Å². The maximum atomic E-state index is 12.4. The molecule has 0 aliphatic heterocycles. The van der Waals surface area contributed by atoms with Gasteiger partial charge in [0.1, 0.15) is 5.15 Å². The van der Waals surface area contributed by atoms with Gasteiger partial charge >= 0.3 is 0 Å². The molecule has 1 heterocycles. The molecule has 5 heteroatoms. The van der Waals surface area contributed by atoms with Crippen molar-refractivity contribution in [3.05, 3.63) is 28.5 Å². The Labute approximate surface area is 137 Å². The van der Waals surface area contributed by atoms with Crippen molar-refractivity contribution < 1.29 is 4.79 Å². The van der Waals surface area contributed by atoms with Crippen molar-refractivity contribution in [2.24, 2.45) is 0 Å². The molecule has 1 aromatic heterocycles. The Kier molecular flexibility index (Phi) is 7.01. The third-order valence-corrected chi connectivity index (χ3v) is 5.74. The first-order chi connectivity index (χ1) is 9.87. The number of rotatable bonds is 7. The number of nitrogens with one attached hydrogen (secondary N) is 1. The predicted molar refractivity (Wildman–Crippen MR) is 92.5 cm³/mol. The number of pyridine rings is 1. The summed E-state index contributed by atoms with van der Waals surface area (Å²) in [4.78, 5) is 16.6. The molecule has 0 aromatic carbocycles. The van der Waals surface area contributed by atoms with Crippen molar-refractivity contribution in [3.8, 4) is 0 Å². The fourth-order valence-electron chi connectivity index (χ4n) is 2.15. The van der Waals surface area contributed by atoms with E-state index in [0.717, 1.165) is 18.5 Å². The number of halogens is 1. The maximum absolute atomic E-state index is 12.4. The minimum Gasteiger partial charge on any atom is -0.351 e. The molecule has 0 unspecified atom stereocenters. The molecule has 0 saturated heterocycles. The van der Waals surface area contributed by atoms with Crippen LogP contribution in [0.5, 0.6) is 0 Å². The lowest BCUT2D eigenvalue weighted by Gasteiger charge is -2.29. The van der Waals surface area contributed by atoms with Crippen LogP contribution in [0.25, 0.3) is 0 Å². The van der Waals surface area contributed by atoms with Crippen LogP contribution in [0.2, 0.25) is 5.15 Å². The Morgan fingerprint density at radius 2 is 2.00 bits per heavy atom. The van der Waals surface area contributed by atoms with Crippen LogP contribution in [0.4, 0.5) is 0 Å². The normalized spacial score (nSPS) is 11.8. The Hall–Kier alpha value is -0.740. The number of nitrogens with zero attached hydrogens (tertiary/aromatic N) is 1. The first-order valence-electron chi connectivity index (χ1n) is 7.38. The lowest BCUT2D eigenvalue weighted by molar-refractivity contribution is 0.0948. The maximum Gasteiger partial charge on any atom is 0.251 e. The molecular weight excluding hydrogens is 304 g/mol. The predicted octanol–water partition coefficient (Wildman–Crippen LogP) is 4.51. The molecule has 0 bridgehead atoms. The highest BCUT2D eigenvalue weighted by Gasteiger charge is 2.25. The lowest BCUT2D eigenvalue weighted by Crippen LogP contribution is -2.39. The van der Waals surface area contributed by atoms with Crippen LogP contribution in [-0.4, -0.2) is 28.4 Å². The topological polar surface area (TPSA) is 42.0 Å². The van der Waals surface area contributed by atoms with Gasteiger partial charge in [-0.25, -0.2) is 4.98 Å². The van der Waals surface area contributed by atoms with Crippen molar-refractivity contribution in [1.82, 2.24) is 10.3 Å². The Morgan fingerprint density at radius 1 is 1.38 bits per heavy atom. The van der Waals surface area contributed by atoms with Gasteiger partial charge in [-0.15, -0.1) is 0 Å². The van der Waals surface area contributed by atoms with Gasteiger partial charge in [0, 0.05) is 22.5 Å². The minimum atomic E-state index is -0.0819. The Balaban J connectivity index is 2.85. The summed E-state index contributed by atoms with van der Waals surface area (Å²) >= 11 is 7.83. The molecule has 0 aliphatic carbocycles. The molecule has 1 N–H and O–H groups in total. The molecule has 0 aliphatic rings. The van der Waals surface area contributed by atoms with Crippen molar-refractivity contribution >= 4 is 29.3 Å². The molecule has 0 fully saturated rings. The number of carbonyl (C=O) groups excluding carboxylic acids is 1. The summed E-state index contributed by atoms with van der Waals surface area (Å²) in [5.74, 6) is 0.161. The van der Waals surface area contributed by atoms with E-state index >= 15 is 0 Å². The molecule has 0 saturated carbocycles. The SMILES string of the molecule is CCC(CC)(CNC(=O)c1cc(Cl)nc(C(C)C)c1)SC. The van der Waals surface area contributed by atoms with Gasteiger partial charge in [0.15, 0.2) is 0 Å². The molecule has 1 amide bonds. The van der Waals surface area contributed by atoms with Crippen LogP contribution in [0.3, 0.4) is 0 Å². The molecule has 118 valence electrons. The lowest BCUT2D eigenvalue weighted by atomic mass is 10.0. The van der Waals surface area contributed by atoms with Crippen LogP contribution < -0.4 is 5.32 Å². The van der Waals surface area contributed by atoms with E-state index in [1.54, 1.807) is 6.07 Å². The monoisotopic (exact) mass is 328 g/mol. The molecule has 21 heavy (non-hydrogen) atoms. The largest absolute Gasteiger partial charge is 0.351 e. The smallest absolute Gasteiger partial charge is 0.251 e. The molecule has 0 spiro atoms. The second-order valence-electron chi connectivity index (χ2n) is 5.54. The number of carbonyl (C=O) groups is 1. The highest BCUT2D eigenvalue weighted by atomic mass is 35.5. The molecule has 0 atom stereocenters. The van der Waals surface area contributed by atoms with E-state index in [2.05, 4.69) is 30.4 Å². The standard InChI is InChI=1S/C16H25ClN2OS/c1-6-16(7-2,21-5)10-18-15(20)12-8-13(11(3)4)19-14(17)9-12/h8-9,11H,6-7,10H2,1-5H3,(H,18,20). The molecule has 1 aromatic rings.